The SMILES string of the molecule is O=C(c1cc2ccccc2o1)N1CCN(c2[nH+]cc(C(F)(F)F)cc2Cl)CC1. The molecule has 2 aromatic heterocycles. The van der Waals surface area contributed by atoms with Crippen LogP contribution in [0.2, 0.25) is 5.02 Å². The highest BCUT2D eigenvalue weighted by Gasteiger charge is 2.35. The van der Waals surface area contributed by atoms with E-state index >= 15 is 0 Å². The number of aromatic nitrogens is 1. The Balaban J connectivity index is 1.45. The van der Waals surface area contributed by atoms with Crippen LogP contribution >= 0.6 is 11.6 Å². The van der Waals surface area contributed by atoms with E-state index in [0.717, 1.165) is 17.6 Å². The van der Waals surface area contributed by atoms with E-state index in [-0.39, 0.29) is 16.7 Å². The predicted molar refractivity (Wildman–Crippen MR) is 97.3 cm³/mol. The summed E-state index contributed by atoms with van der Waals surface area (Å²) in [6.45, 7) is 1.68. The number of rotatable bonds is 2. The van der Waals surface area contributed by atoms with Gasteiger partial charge in [0.2, 0.25) is 0 Å². The second kappa shape index (κ2) is 7.01. The van der Waals surface area contributed by atoms with E-state index in [1.54, 1.807) is 17.0 Å². The molecule has 146 valence electrons. The van der Waals surface area contributed by atoms with Gasteiger partial charge in [0, 0.05) is 5.39 Å². The first-order valence-corrected chi connectivity index (χ1v) is 9.02. The van der Waals surface area contributed by atoms with Crippen molar-refractivity contribution in [1.82, 2.24) is 4.90 Å². The average Bonchev–Trinajstić information content (AvgIpc) is 3.11. The molecule has 1 amide bonds. The Morgan fingerprint density at radius 1 is 1.11 bits per heavy atom. The fourth-order valence-corrected chi connectivity index (χ4v) is 3.54. The highest BCUT2D eigenvalue weighted by molar-refractivity contribution is 6.32. The maximum atomic E-state index is 12.8. The fourth-order valence-electron chi connectivity index (χ4n) is 3.24. The van der Waals surface area contributed by atoms with Crippen LogP contribution in [-0.4, -0.2) is 37.0 Å². The number of hydrogen-bond acceptors (Lipinski definition) is 3. The number of carbonyl (C=O) groups is 1. The minimum atomic E-state index is -4.46. The van der Waals surface area contributed by atoms with Crippen LogP contribution in [0.5, 0.6) is 0 Å². The number of hydrogen-bond donors (Lipinski definition) is 0. The van der Waals surface area contributed by atoms with Crippen molar-refractivity contribution in [2.45, 2.75) is 6.18 Å². The zero-order valence-corrected chi connectivity index (χ0v) is 15.3. The summed E-state index contributed by atoms with van der Waals surface area (Å²) in [5, 5.41) is 0.850. The molecule has 1 fully saturated rings. The number of para-hydroxylation sites is 1. The van der Waals surface area contributed by atoms with Gasteiger partial charge in [0.1, 0.15) is 29.9 Å². The van der Waals surface area contributed by atoms with Crippen LogP contribution in [0.25, 0.3) is 11.0 Å². The second-order valence-electron chi connectivity index (χ2n) is 6.51. The van der Waals surface area contributed by atoms with Crippen molar-refractivity contribution in [3.05, 3.63) is 58.9 Å². The minimum absolute atomic E-state index is 0.00751. The van der Waals surface area contributed by atoms with Crippen molar-refractivity contribution >= 4 is 34.3 Å². The molecule has 9 heteroatoms. The summed E-state index contributed by atoms with van der Waals surface area (Å²) < 4.78 is 43.9. The number of furan rings is 1. The first-order chi connectivity index (χ1) is 13.3. The topological polar surface area (TPSA) is 50.8 Å². The smallest absolute Gasteiger partial charge is 0.419 e. The third-order valence-corrected chi connectivity index (χ3v) is 5.01. The number of halogens is 4. The zero-order chi connectivity index (χ0) is 19.9. The number of carbonyl (C=O) groups excluding carboxylic acids is 1. The van der Waals surface area contributed by atoms with Gasteiger partial charge in [-0.2, -0.15) is 13.2 Å². The summed E-state index contributed by atoms with van der Waals surface area (Å²) in [4.78, 5) is 18.8. The third-order valence-electron chi connectivity index (χ3n) is 4.72. The maximum Gasteiger partial charge on any atom is 0.419 e. The molecule has 1 aromatic carbocycles. The van der Waals surface area contributed by atoms with E-state index < -0.39 is 11.7 Å². The molecule has 3 aromatic rings. The number of pyridine rings is 1. The number of benzene rings is 1. The molecule has 0 aliphatic carbocycles. The Bertz CT molecular complexity index is 994. The number of aromatic amines is 1. The first-order valence-electron chi connectivity index (χ1n) is 8.64. The number of amides is 1. The van der Waals surface area contributed by atoms with Crippen molar-refractivity contribution in [3.63, 3.8) is 0 Å². The monoisotopic (exact) mass is 410 g/mol. The van der Waals surface area contributed by atoms with Gasteiger partial charge in [-0.15, -0.1) is 0 Å². The summed E-state index contributed by atoms with van der Waals surface area (Å²) >= 11 is 6.04. The molecule has 0 spiro atoms. The lowest BCUT2D eigenvalue weighted by Crippen LogP contribution is -2.50. The Labute approximate surface area is 163 Å². The van der Waals surface area contributed by atoms with Gasteiger partial charge in [-0.3, -0.25) is 9.69 Å². The van der Waals surface area contributed by atoms with Crippen LogP contribution in [0.4, 0.5) is 19.0 Å². The molecule has 1 aliphatic rings. The van der Waals surface area contributed by atoms with Crippen molar-refractivity contribution in [3.8, 4) is 0 Å². The summed E-state index contributed by atoms with van der Waals surface area (Å²) in [5.74, 6) is 0.470. The Morgan fingerprint density at radius 2 is 1.82 bits per heavy atom. The highest BCUT2D eigenvalue weighted by atomic mass is 35.5. The minimum Gasteiger partial charge on any atom is -0.451 e. The summed E-state index contributed by atoms with van der Waals surface area (Å²) in [6.07, 6.45) is -3.57. The van der Waals surface area contributed by atoms with Gasteiger partial charge < -0.3 is 9.32 Å². The van der Waals surface area contributed by atoms with Gasteiger partial charge >= 0.3 is 6.18 Å². The molecular formula is C19H16ClF3N3O2+. The molecule has 3 heterocycles. The molecule has 0 saturated carbocycles. The lowest BCUT2D eigenvalue weighted by atomic mass is 10.2. The molecule has 28 heavy (non-hydrogen) atoms. The lowest BCUT2D eigenvalue weighted by molar-refractivity contribution is -0.367. The molecular weight excluding hydrogens is 395 g/mol. The van der Waals surface area contributed by atoms with Gasteiger partial charge in [-0.1, -0.05) is 29.8 Å². The second-order valence-corrected chi connectivity index (χ2v) is 6.92. The Kier molecular flexibility index (Phi) is 4.66. The van der Waals surface area contributed by atoms with Crippen LogP contribution in [0.1, 0.15) is 16.1 Å². The molecule has 5 nitrogen and oxygen atoms in total. The number of H-pyrrole nitrogens is 1. The van der Waals surface area contributed by atoms with Crippen LogP contribution in [0, 0.1) is 0 Å². The van der Waals surface area contributed by atoms with Gasteiger partial charge in [0.15, 0.2) is 5.76 Å². The van der Waals surface area contributed by atoms with Crippen LogP contribution in [0.3, 0.4) is 0 Å². The van der Waals surface area contributed by atoms with Crippen molar-refractivity contribution in [1.29, 1.82) is 0 Å². The Hall–Kier alpha value is -2.74. The van der Waals surface area contributed by atoms with Gasteiger partial charge in [-0.25, -0.2) is 4.98 Å². The quantitative estimate of drug-likeness (QED) is 0.644. The van der Waals surface area contributed by atoms with Gasteiger partial charge in [0.05, 0.1) is 18.7 Å². The van der Waals surface area contributed by atoms with Gasteiger partial charge in [-0.05, 0) is 18.2 Å². The number of nitrogens with one attached hydrogen (secondary N) is 1. The lowest BCUT2D eigenvalue weighted by Gasteiger charge is -2.30. The van der Waals surface area contributed by atoms with Crippen LogP contribution in [0.15, 0.2) is 47.0 Å². The van der Waals surface area contributed by atoms with E-state index in [0.29, 0.717) is 37.6 Å². The van der Waals surface area contributed by atoms with E-state index in [9.17, 15) is 18.0 Å². The van der Waals surface area contributed by atoms with Crippen molar-refractivity contribution < 1.29 is 27.4 Å². The molecule has 1 saturated heterocycles. The third kappa shape index (κ3) is 3.52. The zero-order valence-electron chi connectivity index (χ0n) is 14.6. The molecule has 0 atom stereocenters. The number of alkyl halides is 3. The molecule has 1 N–H and O–H groups in total. The maximum absolute atomic E-state index is 12.8. The fraction of sp³-hybridized carbons (Fsp3) is 0.263. The summed E-state index contributed by atoms with van der Waals surface area (Å²) in [7, 11) is 0. The molecule has 1 aliphatic heterocycles. The predicted octanol–water partition coefficient (Wildman–Crippen LogP) is 3.88. The number of piperazine rings is 1. The van der Waals surface area contributed by atoms with Crippen molar-refractivity contribution in [2.75, 3.05) is 31.1 Å². The highest BCUT2D eigenvalue weighted by Crippen LogP contribution is 2.32. The number of anilines is 1. The normalized spacial score (nSPS) is 15.3. The van der Waals surface area contributed by atoms with Gasteiger partial charge in [0.25, 0.3) is 11.7 Å². The van der Waals surface area contributed by atoms with Crippen molar-refractivity contribution in [2.24, 2.45) is 0 Å². The molecule has 4 rings (SSSR count). The van der Waals surface area contributed by atoms with E-state index in [1.165, 1.54) is 0 Å². The molecule has 0 radical (unpaired) electrons. The summed E-state index contributed by atoms with van der Waals surface area (Å²) in [5.41, 5.74) is -0.185. The number of fused-ring (bicyclic) bond motifs is 1. The van der Waals surface area contributed by atoms with E-state index in [4.69, 9.17) is 16.0 Å². The summed E-state index contributed by atoms with van der Waals surface area (Å²) in [6, 6.07) is 9.99. The standard InChI is InChI=1S/C19H15ClF3N3O2/c20-14-10-13(19(21,22)23)11-24-17(14)25-5-7-26(8-6-25)18(27)16-9-12-3-1-2-4-15(12)28-16/h1-4,9-11H,5-8H2/p+1. The molecule has 0 bridgehead atoms. The van der Waals surface area contributed by atoms with E-state index in [1.807, 2.05) is 23.1 Å². The van der Waals surface area contributed by atoms with Crippen LogP contribution in [-0.2, 0) is 6.18 Å². The Morgan fingerprint density at radius 3 is 2.46 bits per heavy atom. The van der Waals surface area contributed by atoms with E-state index in [2.05, 4.69) is 4.98 Å². The molecule has 0 unspecified atom stereocenters. The first kappa shape index (κ1) is 18.6. The average molecular weight is 411 g/mol. The number of nitrogens with zero attached hydrogens (tertiary/aromatic N) is 2. The van der Waals surface area contributed by atoms with Crippen LogP contribution < -0.4 is 9.88 Å². The largest absolute Gasteiger partial charge is 0.451 e.